The van der Waals surface area contributed by atoms with Crippen molar-refractivity contribution in [2.45, 2.75) is 38.6 Å². The number of carbonyl (C=O) groups is 1. The van der Waals surface area contributed by atoms with E-state index >= 15 is 0 Å². The first-order chi connectivity index (χ1) is 10.9. The number of alkyl halides is 3. The van der Waals surface area contributed by atoms with E-state index in [1.165, 1.54) is 24.3 Å². The van der Waals surface area contributed by atoms with Crippen molar-refractivity contribution >= 4 is 18.3 Å². The van der Waals surface area contributed by atoms with Gasteiger partial charge in [0.25, 0.3) is 5.91 Å². The molecule has 1 aliphatic rings. The van der Waals surface area contributed by atoms with Crippen LogP contribution in [0, 0.1) is 0 Å². The number of hydrogen-bond acceptors (Lipinski definition) is 3. The maximum absolute atomic E-state index is 12.7. The zero-order chi connectivity index (χ0) is 16.9. The topological polar surface area (TPSA) is 41.6 Å². The second-order valence-electron chi connectivity index (χ2n) is 5.55. The minimum atomic E-state index is -4.73. The highest BCUT2D eigenvalue weighted by molar-refractivity contribution is 5.94. The third-order valence-electron chi connectivity index (χ3n) is 3.81. The Bertz CT molecular complexity index is 517. The molecule has 24 heavy (non-hydrogen) atoms. The predicted molar refractivity (Wildman–Crippen MR) is 87.6 cm³/mol. The zero-order valence-corrected chi connectivity index (χ0v) is 14.3. The molecule has 8 heteroatoms. The molecule has 0 aromatic heterocycles. The summed E-state index contributed by atoms with van der Waals surface area (Å²) < 4.78 is 40.3. The van der Waals surface area contributed by atoms with E-state index in [4.69, 9.17) is 0 Å². The second kappa shape index (κ2) is 9.13. The van der Waals surface area contributed by atoms with E-state index < -0.39 is 6.36 Å². The Kier molecular flexibility index (Phi) is 7.83. The van der Waals surface area contributed by atoms with Gasteiger partial charge >= 0.3 is 6.36 Å². The zero-order valence-electron chi connectivity index (χ0n) is 13.4. The number of rotatable bonds is 5. The van der Waals surface area contributed by atoms with Crippen LogP contribution in [0.5, 0.6) is 5.75 Å². The summed E-state index contributed by atoms with van der Waals surface area (Å²) in [6.07, 6.45) is -2.11. The highest BCUT2D eigenvalue weighted by atomic mass is 35.5. The van der Waals surface area contributed by atoms with Crippen molar-refractivity contribution in [3.8, 4) is 5.75 Å². The lowest BCUT2D eigenvalue weighted by Gasteiger charge is -2.34. The summed E-state index contributed by atoms with van der Waals surface area (Å²) >= 11 is 0. The third-order valence-corrected chi connectivity index (χ3v) is 3.81. The van der Waals surface area contributed by atoms with Gasteiger partial charge in [0, 0.05) is 18.2 Å². The van der Waals surface area contributed by atoms with E-state index in [9.17, 15) is 18.0 Å². The van der Waals surface area contributed by atoms with Gasteiger partial charge in [-0.2, -0.15) is 0 Å². The van der Waals surface area contributed by atoms with Crippen LogP contribution in [-0.4, -0.2) is 42.8 Å². The van der Waals surface area contributed by atoms with Crippen molar-refractivity contribution in [2.75, 3.05) is 19.6 Å². The van der Waals surface area contributed by atoms with Crippen molar-refractivity contribution in [1.29, 1.82) is 0 Å². The molecule has 1 aromatic carbocycles. The van der Waals surface area contributed by atoms with Gasteiger partial charge in [0.15, 0.2) is 0 Å². The largest absolute Gasteiger partial charge is 0.573 e. The third kappa shape index (κ3) is 5.87. The minimum absolute atomic E-state index is 0. The Balaban J connectivity index is 0.00000288. The van der Waals surface area contributed by atoms with Crippen LogP contribution in [0.2, 0.25) is 0 Å². The number of hydrogen-bond donors (Lipinski definition) is 1. The Labute approximate surface area is 145 Å². The molecular formula is C16H22ClF3N2O2. The fourth-order valence-electron chi connectivity index (χ4n) is 2.77. The van der Waals surface area contributed by atoms with E-state index in [0.717, 1.165) is 32.4 Å². The maximum atomic E-state index is 12.7. The molecule has 2 rings (SSSR count). The van der Waals surface area contributed by atoms with Crippen LogP contribution in [-0.2, 0) is 0 Å². The van der Waals surface area contributed by atoms with Gasteiger partial charge < -0.3 is 15.0 Å². The predicted octanol–water partition coefficient (Wildman–Crippen LogP) is 3.61. The van der Waals surface area contributed by atoms with Crippen LogP contribution in [0.4, 0.5) is 13.2 Å². The van der Waals surface area contributed by atoms with Crippen molar-refractivity contribution in [3.63, 3.8) is 0 Å². The number of halogens is 4. The molecule has 0 aliphatic carbocycles. The average Bonchev–Trinajstić information content (AvgIpc) is 2.52. The highest BCUT2D eigenvalue weighted by Crippen LogP contribution is 2.24. The van der Waals surface area contributed by atoms with Gasteiger partial charge in [-0.25, -0.2) is 0 Å². The SMILES string of the molecule is CCCN(C(=O)c1ccc(OC(F)(F)F)cc1)C1CCNCC1.Cl. The van der Waals surface area contributed by atoms with Crippen molar-refractivity contribution in [2.24, 2.45) is 0 Å². The number of nitrogens with zero attached hydrogens (tertiary/aromatic N) is 1. The number of amides is 1. The van der Waals surface area contributed by atoms with Crippen LogP contribution < -0.4 is 10.1 Å². The molecule has 0 atom stereocenters. The standard InChI is InChI=1S/C16H21F3N2O2.ClH/c1-2-11-21(13-7-9-20-10-8-13)15(22)12-3-5-14(6-4-12)23-16(17,18)19;/h3-6,13,20H,2,7-11H2,1H3;1H. The lowest BCUT2D eigenvalue weighted by Crippen LogP contribution is -2.46. The molecule has 0 spiro atoms. The molecule has 1 saturated heterocycles. The van der Waals surface area contributed by atoms with E-state index in [-0.39, 0.29) is 30.1 Å². The molecule has 1 N–H and O–H groups in total. The van der Waals surface area contributed by atoms with Gasteiger partial charge in [-0.1, -0.05) is 6.92 Å². The molecule has 0 radical (unpaired) electrons. The smallest absolute Gasteiger partial charge is 0.406 e. The molecule has 1 aromatic rings. The quantitative estimate of drug-likeness (QED) is 0.865. The van der Waals surface area contributed by atoms with Gasteiger partial charge in [-0.15, -0.1) is 25.6 Å². The molecular weight excluding hydrogens is 345 g/mol. The lowest BCUT2D eigenvalue weighted by atomic mass is 10.0. The molecule has 1 heterocycles. The number of benzene rings is 1. The van der Waals surface area contributed by atoms with Gasteiger partial charge in [-0.3, -0.25) is 4.79 Å². The van der Waals surface area contributed by atoms with Gasteiger partial charge in [0.1, 0.15) is 5.75 Å². The molecule has 4 nitrogen and oxygen atoms in total. The summed E-state index contributed by atoms with van der Waals surface area (Å²) in [7, 11) is 0. The Hall–Kier alpha value is -1.47. The second-order valence-corrected chi connectivity index (χ2v) is 5.55. The van der Waals surface area contributed by atoms with E-state index in [0.29, 0.717) is 12.1 Å². The van der Waals surface area contributed by atoms with Crippen LogP contribution in [0.15, 0.2) is 24.3 Å². The van der Waals surface area contributed by atoms with Crippen LogP contribution >= 0.6 is 12.4 Å². The van der Waals surface area contributed by atoms with E-state index in [2.05, 4.69) is 10.1 Å². The molecule has 0 bridgehead atoms. The molecule has 136 valence electrons. The first-order valence-electron chi connectivity index (χ1n) is 7.78. The van der Waals surface area contributed by atoms with Gasteiger partial charge in [0.05, 0.1) is 0 Å². The lowest BCUT2D eigenvalue weighted by molar-refractivity contribution is -0.274. The van der Waals surface area contributed by atoms with E-state index in [1.54, 1.807) is 0 Å². The number of nitrogens with one attached hydrogen (secondary N) is 1. The van der Waals surface area contributed by atoms with Crippen LogP contribution in [0.3, 0.4) is 0 Å². The average molecular weight is 367 g/mol. The molecule has 1 amide bonds. The molecule has 0 saturated carbocycles. The maximum Gasteiger partial charge on any atom is 0.573 e. The number of piperidine rings is 1. The fourth-order valence-corrected chi connectivity index (χ4v) is 2.77. The summed E-state index contributed by atoms with van der Waals surface area (Å²) in [5.74, 6) is -0.463. The summed E-state index contributed by atoms with van der Waals surface area (Å²) in [5, 5.41) is 3.26. The Morgan fingerprint density at radius 2 is 1.83 bits per heavy atom. The summed E-state index contributed by atoms with van der Waals surface area (Å²) in [6, 6.07) is 5.29. The highest BCUT2D eigenvalue weighted by Gasteiger charge is 2.31. The molecule has 1 fully saturated rings. The first kappa shape index (κ1) is 20.6. The first-order valence-corrected chi connectivity index (χ1v) is 7.78. The molecule has 0 unspecified atom stereocenters. The summed E-state index contributed by atoms with van der Waals surface area (Å²) in [4.78, 5) is 14.5. The van der Waals surface area contributed by atoms with Crippen molar-refractivity contribution in [3.05, 3.63) is 29.8 Å². The summed E-state index contributed by atoms with van der Waals surface area (Å²) in [6.45, 7) is 4.39. The Morgan fingerprint density at radius 3 is 2.33 bits per heavy atom. The van der Waals surface area contributed by atoms with Crippen molar-refractivity contribution in [1.82, 2.24) is 10.2 Å². The van der Waals surface area contributed by atoms with Crippen LogP contribution in [0.25, 0.3) is 0 Å². The monoisotopic (exact) mass is 366 g/mol. The van der Waals surface area contributed by atoms with Gasteiger partial charge in [0.2, 0.25) is 0 Å². The van der Waals surface area contributed by atoms with Crippen LogP contribution in [0.1, 0.15) is 36.5 Å². The van der Waals surface area contributed by atoms with Crippen molar-refractivity contribution < 1.29 is 22.7 Å². The van der Waals surface area contributed by atoms with Gasteiger partial charge in [-0.05, 0) is 56.6 Å². The number of carbonyl (C=O) groups excluding carboxylic acids is 1. The molecule has 1 aliphatic heterocycles. The fraction of sp³-hybridized carbons (Fsp3) is 0.562. The minimum Gasteiger partial charge on any atom is -0.406 e. The van der Waals surface area contributed by atoms with E-state index in [1.807, 2.05) is 11.8 Å². The summed E-state index contributed by atoms with van der Waals surface area (Å²) in [5.41, 5.74) is 0.381. The Morgan fingerprint density at radius 1 is 1.25 bits per heavy atom. The number of ether oxygens (including phenoxy) is 1. The normalized spacial score (nSPS) is 15.5.